The summed E-state index contributed by atoms with van der Waals surface area (Å²) in [6, 6.07) is -0.734. The van der Waals surface area contributed by atoms with Crippen LogP contribution in [-0.4, -0.2) is 48.3 Å². The van der Waals surface area contributed by atoms with E-state index in [1.807, 2.05) is 6.26 Å². The number of hydrogen-bond donors (Lipinski definition) is 2. The molecule has 17 heavy (non-hydrogen) atoms. The number of thioether (sulfide) groups is 1. The first-order valence-corrected chi connectivity index (χ1v) is 14.9. The average molecular weight is 322 g/mol. The van der Waals surface area contributed by atoms with Crippen molar-refractivity contribution in [1.82, 2.24) is 5.32 Å². The van der Waals surface area contributed by atoms with Crippen LogP contribution in [-0.2, 0) is 9.59 Å². The number of hydrogen-bond acceptors (Lipinski definition) is 3. The number of aliphatic carboxylic acids is 1. The molecule has 6 heteroatoms. The Hall–Kier alpha value is -0.167. The Bertz CT molecular complexity index is 266. The van der Waals surface area contributed by atoms with Crippen LogP contribution in [0.15, 0.2) is 0 Å². The summed E-state index contributed by atoms with van der Waals surface area (Å²) in [5, 5.41) is 12.5. The van der Waals surface area contributed by atoms with Crippen LogP contribution < -0.4 is 5.32 Å². The van der Waals surface area contributed by atoms with E-state index in [9.17, 15) is 9.59 Å². The Labute approximate surface area is 110 Å². The SMILES string of the molecule is CSCCC(NC(=O)C[CH2][Ge]([CH3])([CH3])[CH3])C(=O)O. The van der Waals surface area contributed by atoms with Crippen molar-refractivity contribution in [2.45, 2.75) is 41.4 Å². The fourth-order valence-corrected chi connectivity index (χ4v) is 3.77. The zero-order chi connectivity index (χ0) is 13.5. The normalized spacial score (nSPS) is 13.2. The van der Waals surface area contributed by atoms with Gasteiger partial charge in [-0.3, -0.25) is 0 Å². The Morgan fingerprint density at radius 1 is 1.35 bits per heavy atom. The number of nitrogens with one attached hydrogen (secondary N) is 1. The van der Waals surface area contributed by atoms with E-state index in [1.54, 1.807) is 11.8 Å². The van der Waals surface area contributed by atoms with Gasteiger partial charge in [-0.1, -0.05) is 0 Å². The molecule has 0 aliphatic rings. The maximum atomic E-state index is 11.6. The van der Waals surface area contributed by atoms with Crippen molar-refractivity contribution in [3.63, 3.8) is 0 Å². The Balaban J connectivity index is 4.08. The van der Waals surface area contributed by atoms with Gasteiger partial charge in [-0.15, -0.1) is 0 Å². The second-order valence-electron chi connectivity index (χ2n) is 5.30. The molecule has 100 valence electrons. The van der Waals surface area contributed by atoms with Crippen molar-refractivity contribution in [2.24, 2.45) is 0 Å². The van der Waals surface area contributed by atoms with Crippen molar-refractivity contribution < 1.29 is 14.7 Å². The molecule has 0 rings (SSSR count). The molecule has 0 saturated heterocycles. The van der Waals surface area contributed by atoms with E-state index in [4.69, 9.17) is 5.11 Å². The van der Waals surface area contributed by atoms with Crippen molar-refractivity contribution in [2.75, 3.05) is 12.0 Å². The number of carboxylic acid groups (broad SMARTS) is 1. The topological polar surface area (TPSA) is 66.4 Å². The van der Waals surface area contributed by atoms with E-state index < -0.39 is 25.3 Å². The molecule has 0 bridgehead atoms. The summed E-state index contributed by atoms with van der Waals surface area (Å²) in [6.45, 7) is 0. The summed E-state index contributed by atoms with van der Waals surface area (Å²) in [7, 11) is 0. The second kappa shape index (κ2) is 8.03. The first-order chi connectivity index (χ1) is 7.76. The predicted molar refractivity (Wildman–Crippen MR) is 75.3 cm³/mol. The van der Waals surface area contributed by atoms with Gasteiger partial charge < -0.3 is 0 Å². The molecule has 0 aliphatic heterocycles. The van der Waals surface area contributed by atoms with Crippen molar-refractivity contribution in [3.05, 3.63) is 0 Å². The third kappa shape index (κ3) is 9.53. The first-order valence-electron chi connectivity index (χ1n) is 5.77. The Morgan fingerprint density at radius 2 is 1.94 bits per heavy atom. The fraction of sp³-hybridized carbons (Fsp3) is 0.818. The summed E-state index contributed by atoms with van der Waals surface area (Å²) in [5.74, 6) is 6.42. The summed E-state index contributed by atoms with van der Waals surface area (Å²) >= 11 is -0.114. The molecule has 0 aromatic heterocycles. The maximum absolute atomic E-state index is 11.6. The van der Waals surface area contributed by atoms with Crippen LogP contribution in [0.1, 0.15) is 12.8 Å². The van der Waals surface area contributed by atoms with E-state index in [0.717, 1.165) is 11.0 Å². The minimum absolute atomic E-state index is 0.126. The van der Waals surface area contributed by atoms with Gasteiger partial charge >= 0.3 is 110 Å². The molecular formula is C11H23GeNO3S. The number of carbonyl (C=O) groups is 2. The second-order valence-corrected chi connectivity index (χ2v) is 18.1. The number of carboxylic acids is 1. The zero-order valence-electron chi connectivity index (χ0n) is 11.1. The monoisotopic (exact) mass is 323 g/mol. The first kappa shape index (κ1) is 16.8. The molecule has 4 nitrogen and oxygen atoms in total. The molecule has 0 aromatic rings. The van der Waals surface area contributed by atoms with E-state index >= 15 is 0 Å². The van der Waals surface area contributed by atoms with Crippen LogP contribution in [0.2, 0.25) is 22.5 Å². The van der Waals surface area contributed by atoms with Gasteiger partial charge in [0.25, 0.3) is 0 Å². The van der Waals surface area contributed by atoms with Gasteiger partial charge in [-0.2, -0.15) is 0 Å². The fourth-order valence-electron chi connectivity index (χ4n) is 1.25. The number of amides is 1. The molecule has 0 saturated carbocycles. The van der Waals surface area contributed by atoms with Crippen molar-refractivity contribution in [1.29, 1.82) is 0 Å². The average Bonchev–Trinajstić information content (AvgIpc) is 2.19. The summed E-state index contributed by atoms with van der Waals surface area (Å²) in [6.07, 6.45) is 2.87. The van der Waals surface area contributed by atoms with Crippen molar-refractivity contribution >= 4 is 36.9 Å². The molecule has 0 aromatic carbocycles. The number of carbonyl (C=O) groups excluding carboxylic acids is 1. The molecular weight excluding hydrogens is 299 g/mol. The standard InChI is InChI=1S/C11H23GeNO3S/c1-12(2,3)7-5-10(14)13-9(11(15)16)6-8-17-4/h9H,5-8H2,1-4H3,(H,13,14)(H,15,16). The minimum atomic E-state index is -1.70. The molecule has 0 spiro atoms. The summed E-state index contributed by atoms with van der Waals surface area (Å²) in [4.78, 5) is 22.5. The van der Waals surface area contributed by atoms with Gasteiger partial charge in [0, 0.05) is 0 Å². The molecule has 0 heterocycles. The predicted octanol–water partition coefficient (Wildman–Crippen LogP) is 2.04. The van der Waals surface area contributed by atoms with Crippen LogP contribution in [0.5, 0.6) is 0 Å². The Morgan fingerprint density at radius 3 is 2.35 bits per heavy atom. The van der Waals surface area contributed by atoms with Gasteiger partial charge in [-0.25, -0.2) is 0 Å². The van der Waals surface area contributed by atoms with Crippen LogP contribution in [0.25, 0.3) is 0 Å². The van der Waals surface area contributed by atoms with Crippen LogP contribution in [0.3, 0.4) is 0 Å². The van der Waals surface area contributed by atoms with Gasteiger partial charge in [0.2, 0.25) is 0 Å². The zero-order valence-corrected chi connectivity index (χ0v) is 14.0. The molecule has 1 amide bonds. The van der Waals surface area contributed by atoms with Crippen LogP contribution in [0, 0.1) is 0 Å². The van der Waals surface area contributed by atoms with Gasteiger partial charge in [0.1, 0.15) is 0 Å². The Kier molecular flexibility index (Phi) is 7.95. The molecule has 1 unspecified atom stereocenters. The number of rotatable bonds is 8. The van der Waals surface area contributed by atoms with Gasteiger partial charge in [0.15, 0.2) is 0 Å². The molecule has 0 radical (unpaired) electrons. The van der Waals surface area contributed by atoms with Gasteiger partial charge in [0.05, 0.1) is 0 Å². The van der Waals surface area contributed by atoms with E-state index in [1.165, 1.54) is 0 Å². The van der Waals surface area contributed by atoms with E-state index in [0.29, 0.717) is 12.8 Å². The van der Waals surface area contributed by atoms with E-state index in [2.05, 4.69) is 22.6 Å². The molecule has 1 atom stereocenters. The summed E-state index contributed by atoms with van der Waals surface area (Å²) in [5.41, 5.74) is 0. The molecule has 0 aliphatic carbocycles. The third-order valence-electron chi connectivity index (χ3n) is 2.35. The van der Waals surface area contributed by atoms with Crippen LogP contribution in [0.4, 0.5) is 0 Å². The molecule has 0 fully saturated rings. The quantitative estimate of drug-likeness (QED) is 0.671. The third-order valence-corrected chi connectivity index (χ3v) is 6.66. The van der Waals surface area contributed by atoms with Crippen LogP contribution >= 0.6 is 11.8 Å². The van der Waals surface area contributed by atoms with Crippen molar-refractivity contribution in [3.8, 4) is 0 Å². The van der Waals surface area contributed by atoms with Gasteiger partial charge in [-0.05, 0) is 0 Å². The summed E-state index contributed by atoms with van der Waals surface area (Å²) < 4.78 is 0. The van der Waals surface area contributed by atoms with E-state index in [-0.39, 0.29) is 5.91 Å². The molecule has 2 N–H and O–H groups in total.